The average Bonchev–Trinajstić information content (AvgIpc) is 2.29. The molecule has 0 saturated carbocycles. The second-order valence-corrected chi connectivity index (χ2v) is 10.2. The van der Waals surface area contributed by atoms with Gasteiger partial charge in [0.05, 0.1) is 26.2 Å². The molecule has 88 valence electrons. The minimum absolute atomic E-state index is 0.454. The van der Waals surface area contributed by atoms with Crippen molar-refractivity contribution < 1.29 is 0 Å². The second kappa shape index (κ2) is 4.29. The molecule has 4 heteroatoms. The number of hydrogen-bond donors (Lipinski definition) is 1. The predicted octanol–water partition coefficient (Wildman–Crippen LogP) is 2.27. The van der Waals surface area contributed by atoms with E-state index in [1.165, 1.54) is 5.19 Å². The lowest BCUT2D eigenvalue weighted by molar-refractivity contribution is 1.22. The molecule has 0 atom stereocenters. The molecule has 0 saturated heterocycles. The minimum atomic E-state index is -1.28. The topological polar surface area (TPSA) is 51.8 Å². The van der Waals surface area contributed by atoms with Crippen molar-refractivity contribution in [1.82, 2.24) is 9.97 Å². The summed E-state index contributed by atoms with van der Waals surface area (Å²) in [6, 6.07) is 8.55. The Balaban J connectivity index is 2.43. The molecule has 0 aliphatic carbocycles. The maximum atomic E-state index is 5.54. The number of aromatic nitrogens is 2. The van der Waals surface area contributed by atoms with E-state index in [1.54, 1.807) is 12.4 Å². The molecule has 1 heterocycles. The molecule has 0 bridgehead atoms. The molecule has 3 nitrogen and oxygen atoms in total. The van der Waals surface area contributed by atoms with Crippen molar-refractivity contribution in [3.63, 3.8) is 0 Å². The van der Waals surface area contributed by atoms with Crippen LogP contribution in [0.1, 0.15) is 0 Å². The van der Waals surface area contributed by atoms with Crippen LogP contribution in [-0.2, 0) is 0 Å². The second-order valence-electron chi connectivity index (χ2n) is 5.16. The number of nitrogens with two attached hydrogens (primary N) is 1. The summed E-state index contributed by atoms with van der Waals surface area (Å²) in [4.78, 5) is 8.37. The molecule has 0 amide bonds. The van der Waals surface area contributed by atoms with Gasteiger partial charge in [-0.3, -0.25) is 4.98 Å². The number of hydrogen-bond acceptors (Lipinski definition) is 3. The van der Waals surface area contributed by atoms with Gasteiger partial charge in [-0.05, 0) is 0 Å². The normalized spacial score (nSPS) is 11.5. The van der Waals surface area contributed by atoms with Gasteiger partial charge in [0.2, 0.25) is 0 Å². The summed E-state index contributed by atoms with van der Waals surface area (Å²) in [5, 5.41) is 1.42. The molecule has 1 aromatic heterocycles. The fourth-order valence-corrected chi connectivity index (χ4v) is 2.82. The zero-order valence-electron chi connectivity index (χ0n) is 10.4. The van der Waals surface area contributed by atoms with Gasteiger partial charge in [0.15, 0.2) is 0 Å². The fraction of sp³-hybridized carbons (Fsp3) is 0.231. The summed E-state index contributed by atoms with van der Waals surface area (Å²) in [6.07, 6.45) is 3.31. The Morgan fingerprint density at radius 1 is 1.06 bits per heavy atom. The van der Waals surface area contributed by atoms with E-state index in [4.69, 9.17) is 5.73 Å². The summed E-state index contributed by atoms with van der Waals surface area (Å²) < 4.78 is 0. The predicted molar refractivity (Wildman–Crippen MR) is 74.9 cm³/mol. The van der Waals surface area contributed by atoms with Gasteiger partial charge in [-0.2, -0.15) is 0 Å². The summed E-state index contributed by atoms with van der Waals surface area (Å²) >= 11 is 0. The minimum Gasteiger partial charge on any atom is -0.382 e. The number of anilines is 1. The van der Waals surface area contributed by atoms with Gasteiger partial charge >= 0.3 is 0 Å². The zero-order valence-corrected chi connectivity index (χ0v) is 11.4. The first-order chi connectivity index (χ1) is 7.97. The molecule has 0 aliphatic heterocycles. The number of rotatable bonds is 2. The fourth-order valence-electron chi connectivity index (χ4n) is 1.63. The van der Waals surface area contributed by atoms with Crippen LogP contribution >= 0.6 is 0 Å². The molecular formula is C13H17N3Si. The first kappa shape index (κ1) is 11.8. The van der Waals surface area contributed by atoms with Crippen molar-refractivity contribution in [2.45, 2.75) is 19.6 Å². The van der Waals surface area contributed by atoms with E-state index < -0.39 is 8.07 Å². The van der Waals surface area contributed by atoms with Crippen LogP contribution in [0, 0.1) is 0 Å². The lowest BCUT2D eigenvalue weighted by Crippen LogP contribution is -2.37. The number of nitrogens with zero attached hydrogens (tertiary/aromatic N) is 2. The van der Waals surface area contributed by atoms with Crippen LogP contribution in [0.2, 0.25) is 19.6 Å². The molecule has 0 spiro atoms. The largest absolute Gasteiger partial charge is 0.382 e. The van der Waals surface area contributed by atoms with Gasteiger partial charge in [-0.15, -0.1) is 0 Å². The van der Waals surface area contributed by atoms with Crippen molar-refractivity contribution in [3.8, 4) is 11.3 Å². The third-order valence-electron chi connectivity index (χ3n) is 2.70. The van der Waals surface area contributed by atoms with Crippen molar-refractivity contribution >= 4 is 19.1 Å². The van der Waals surface area contributed by atoms with Crippen LogP contribution in [0.5, 0.6) is 0 Å². The molecule has 17 heavy (non-hydrogen) atoms. The van der Waals surface area contributed by atoms with E-state index in [-0.39, 0.29) is 0 Å². The van der Waals surface area contributed by atoms with Crippen LogP contribution < -0.4 is 10.9 Å². The number of nitrogen functional groups attached to an aromatic ring is 1. The van der Waals surface area contributed by atoms with Crippen LogP contribution in [0.3, 0.4) is 0 Å². The Morgan fingerprint density at radius 3 is 2.41 bits per heavy atom. The lowest BCUT2D eigenvalue weighted by Gasteiger charge is -2.17. The average molecular weight is 243 g/mol. The maximum Gasteiger partial charge on any atom is 0.141 e. The SMILES string of the molecule is C[Si](C)(C)c1cccc(-c2cnc(N)cn2)c1. The van der Waals surface area contributed by atoms with E-state index in [1.807, 2.05) is 0 Å². The van der Waals surface area contributed by atoms with Crippen LogP contribution in [0.25, 0.3) is 11.3 Å². The third kappa shape index (κ3) is 2.71. The van der Waals surface area contributed by atoms with Gasteiger partial charge in [0.1, 0.15) is 5.82 Å². The van der Waals surface area contributed by atoms with Crippen LogP contribution in [0.15, 0.2) is 36.7 Å². The molecule has 0 fully saturated rings. The first-order valence-corrected chi connectivity index (χ1v) is 9.15. The highest BCUT2D eigenvalue weighted by Gasteiger charge is 2.16. The van der Waals surface area contributed by atoms with Crippen molar-refractivity contribution in [2.75, 3.05) is 5.73 Å². The molecule has 2 N–H and O–H groups in total. The van der Waals surface area contributed by atoms with Gasteiger partial charge < -0.3 is 5.73 Å². The van der Waals surface area contributed by atoms with Gasteiger partial charge in [0, 0.05) is 5.56 Å². The van der Waals surface area contributed by atoms with Crippen molar-refractivity contribution in [1.29, 1.82) is 0 Å². The molecule has 0 radical (unpaired) electrons. The van der Waals surface area contributed by atoms with Crippen LogP contribution in [-0.4, -0.2) is 18.0 Å². The summed E-state index contributed by atoms with van der Waals surface area (Å²) in [5.74, 6) is 0.454. The lowest BCUT2D eigenvalue weighted by atomic mass is 10.2. The summed E-state index contributed by atoms with van der Waals surface area (Å²) in [7, 11) is -1.28. The van der Waals surface area contributed by atoms with E-state index >= 15 is 0 Å². The Labute approximate surface area is 103 Å². The Bertz CT molecular complexity index is 515. The molecule has 2 aromatic rings. The highest BCUT2D eigenvalue weighted by molar-refractivity contribution is 6.88. The molecule has 0 unspecified atom stereocenters. The monoisotopic (exact) mass is 243 g/mol. The Morgan fingerprint density at radius 2 is 1.82 bits per heavy atom. The Kier molecular flexibility index (Phi) is 2.98. The van der Waals surface area contributed by atoms with E-state index in [2.05, 4.69) is 53.9 Å². The first-order valence-electron chi connectivity index (χ1n) is 5.65. The number of benzene rings is 1. The molecular weight excluding hydrogens is 226 g/mol. The van der Waals surface area contributed by atoms with E-state index in [0.717, 1.165) is 11.3 Å². The molecule has 0 aliphatic rings. The van der Waals surface area contributed by atoms with Crippen molar-refractivity contribution in [2.24, 2.45) is 0 Å². The van der Waals surface area contributed by atoms with E-state index in [0.29, 0.717) is 5.82 Å². The van der Waals surface area contributed by atoms with Crippen LogP contribution in [0.4, 0.5) is 5.82 Å². The third-order valence-corrected chi connectivity index (χ3v) is 4.74. The van der Waals surface area contributed by atoms with Gasteiger partial charge in [0.25, 0.3) is 0 Å². The van der Waals surface area contributed by atoms with Crippen molar-refractivity contribution in [3.05, 3.63) is 36.7 Å². The molecule has 2 rings (SSSR count). The highest BCUT2D eigenvalue weighted by atomic mass is 28.3. The molecule has 1 aromatic carbocycles. The van der Waals surface area contributed by atoms with Gasteiger partial charge in [-0.25, -0.2) is 4.98 Å². The zero-order chi connectivity index (χ0) is 12.5. The maximum absolute atomic E-state index is 5.54. The smallest absolute Gasteiger partial charge is 0.141 e. The Hall–Kier alpha value is -1.68. The summed E-state index contributed by atoms with van der Waals surface area (Å²) in [6.45, 7) is 7.00. The van der Waals surface area contributed by atoms with E-state index in [9.17, 15) is 0 Å². The van der Waals surface area contributed by atoms with Gasteiger partial charge in [-0.1, -0.05) is 49.1 Å². The summed E-state index contributed by atoms with van der Waals surface area (Å²) in [5.41, 5.74) is 7.52. The highest BCUT2D eigenvalue weighted by Crippen LogP contribution is 2.16. The quantitative estimate of drug-likeness (QED) is 0.823. The standard InChI is InChI=1S/C13H17N3Si/c1-17(2,3)11-6-4-5-10(7-11)12-8-16-13(14)9-15-12/h4-9H,1-3H3,(H2,14,16).